The number of amides is 1. The van der Waals surface area contributed by atoms with Crippen LogP contribution < -0.4 is 4.90 Å². The van der Waals surface area contributed by atoms with E-state index < -0.39 is 0 Å². The van der Waals surface area contributed by atoms with E-state index in [9.17, 15) is 4.79 Å². The van der Waals surface area contributed by atoms with Gasteiger partial charge in [0.05, 0.1) is 0 Å². The van der Waals surface area contributed by atoms with Gasteiger partial charge in [-0.2, -0.15) is 0 Å². The maximum Gasteiger partial charge on any atom is 0.311 e. The smallest absolute Gasteiger partial charge is 0.311 e. The molecule has 1 saturated heterocycles. The Hall–Kier alpha value is -3.15. The molecule has 0 atom stereocenters. The molecule has 1 aromatic heterocycles. The number of aromatic nitrogens is 2. The third-order valence-corrected chi connectivity index (χ3v) is 5.05. The number of carbonyl (C=O) groups is 1. The number of anilines is 1. The fourth-order valence-corrected chi connectivity index (χ4v) is 3.46. The third kappa shape index (κ3) is 4.22. The summed E-state index contributed by atoms with van der Waals surface area (Å²) < 4.78 is 5.62. The first kappa shape index (κ1) is 18.2. The summed E-state index contributed by atoms with van der Waals surface area (Å²) in [4.78, 5) is 16.8. The Balaban J connectivity index is 1.32. The molecule has 6 nitrogen and oxygen atoms in total. The van der Waals surface area contributed by atoms with E-state index in [4.69, 9.17) is 4.42 Å². The van der Waals surface area contributed by atoms with Gasteiger partial charge in [0.2, 0.25) is 5.89 Å². The lowest BCUT2D eigenvalue weighted by atomic mass is 10.1. The van der Waals surface area contributed by atoms with Crippen molar-refractivity contribution in [2.75, 3.05) is 31.1 Å². The van der Waals surface area contributed by atoms with Crippen molar-refractivity contribution in [1.82, 2.24) is 15.1 Å². The van der Waals surface area contributed by atoms with Crippen molar-refractivity contribution in [3.63, 3.8) is 0 Å². The van der Waals surface area contributed by atoms with Crippen molar-refractivity contribution < 1.29 is 9.21 Å². The van der Waals surface area contributed by atoms with Gasteiger partial charge in [-0.15, -0.1) is 10.2 Å². The standard InChI is InChI=1S/C22H24N4O2/c1-17-6-5-9-19(16-17)25-12-14-26(15-13-25)22(27)21-24-23-20(28-21)11-10-18-7-3-2-4-8-18/h2-9,16H,10-15H2,1H3. The van der Waals surface area contributed by atoms with Crippen LogP contribution in [0.3, 0.4) is 0 Å². The highest BCUT2D eigenvalue weighted by Gasteiger charge is 2.26. The maximum absolute atomic E-state index is 12.7. The van der Waals surface area contributed by atoms with Crippen LogP contribution in [0.25, 0.3) is 0 Å². The number of nitrogens with zero attached hydrogens (tertiary/aromatic N) is 4. The molecule has 1 amide bonds. The van der Waals surface area contributed by atoms with Gasteiger partial charge in [0.25, 0.3) is 0 Å². The van der Waals surface area contributed by atoms with E-state index in [0.29, 0.717) is 25.4 Å². The normalized spacial score (nSPS) is 14.3. The fraction of sp³-hybridized carbons (Fsp3) is 0.318. The van der Waals surface area contributed by atoms with Crippen molar-refractivity contribution in [3.8, 4) is 0 Å². The number of hydrogen-bond acceptors (Lipinski definition) is 5. The molecule has 4 rings (SSSR count). The average molecular weight is 376 g/mol. The molecule has 28 heavy (non-hydrogen) atoms. The van der Waals surface area contributed by atoms with Gasteiger partial charge < -0.3 is 14.2 Å². The summed E-state index contributed by atoms with van der Waals surface area (Å²) in [5.74, 6) is 0.417. The zero-order valence-electron chi connectivity index (χ0n) is 16.0. The molecule has 3 aromatic rings. The van der Waals surface area contributed by atoms with Gasteiger partial charge >= 0.3 is 11.8 Å². The van der Waals surface area contributed by atoms with Crippen LogP contribution in [0.2, 0.25) is 0 Å². The van der Waals surface area contributed by atoms with Gasteiger partial charge in [-0.05, 0) is 36.6 Å². The molecule has 1 aliphatic rings. The molecule has 0 N–H and O–H groups in total. The number of hydrogen-bond donors (Lipinski definition) is 0. The number of rotatable bonds is 5. The number of benzene rings is 2. The lowest BCUT2D eigenvalue weighted by Gasteiger charge is -2.35. The van der Waals surface area contributed by atoms with Gasteiger partial charge in [-0.1, -0.05) is 42.5 Å². The molecular weight excluding hydrogens is 352 g/mol. The molecule has 0 radical (unpaired) electrons. The Morgan fingerprint density at radius 2 is 1.75 bits per heavy atom. The van der Waals surface area contributed by atoms with E-state index in [-0.39, 0.29) is 11.8 Å². The molecular formula is C22H24N4O2. The second-order valence-corrected chi connectivity index (χ2v) is 7.10. The average Bonchev–Trinajstić information content (AvgIpc) is 3.22. The van der Waals surface area contributed by atoms with E-state index in [1.807, 2.05) is 18.2 Å². The van der Waals surface area contributed by atoms with Gasteiger partial charge in [0.1, 0.15) is 0 Å². The lowest BCUT2D eigenvalue weighted by molar-refractivity contribution is 0.0704. The van der Waals surface area contributed by atoms with E-state index >= 15 is 0 Å². The summed E-state index contributed by atoms with van der Waals surface area (Å²) in [5.41, 5.74) is 3.65. The number of piperazine rings is 1. The molecule has 1 aliphatic heterocycles. The van der Waals surface area contributed by atoms with Crippen LogP contribution in [0.4, 0.5) is 5.69 Å². The van der Waals surface area contributed by atoms with Crippen LogP contribution in [-0.4, -0.2) is 47.2 Å². The van der Waals surface area contributed by atoms with Crippen LogP contribution in [-0.2, 0) is 12.8 Å². The van der Waals surface area contributed by atoms with Gasteiger partial charge in [-0.3, -0.25) is 4.79 Å². The summed E-state index contributed by atoms with van der Waals surface area (Å²) in [6, 6.07) is 18.6. The Labute approximate surface area is 164 Å². The second kappa shape index (κ2) is 8.25. The van der Waals surface area contributed by atoms with Crippen molar-refractivity contribution in [3.05, 3.63) is 77.5 Å². The van der Waals surface area contributed by atoms with Gasteiger partial charge in [-0.25, -0.2) is 0 Å². The minimum atomic E-state index is -0.178. The maximum atomic E-state index is 12.7. The number of carbonyl (C=O) groups excluding carboxylic acids is 1. The highest BCUT2D eigenvalue weighted by Crippen LogP contribution is 2.18. The minimum Gasteiger partial charge on any atom is -0.417 e. The molecule has 0 saturated carbocycles. The monoisotopic (exact) mass is 376 g/mol. The SMILES string of the molecule is Cc1cccc(N2CCN(C(=O)c3nnc(CCc4ccccc4)o3)CC2)c1. The molecule has 0 bridgehead atoms. The summed E-state index contributed by atoms with van der Waals surface area (Å²) in [7, 11) is 0. The van der Waals surface area contributed by atoms with Crippen molar-refractivity contribution in [1.29, 1.82) is 0 Å². The molecule has 6 heteroatoms. The number of aryl methyl sites for hydroxylation is 3. The Morgan fingerprint density at radius 3 is 2.50 bits per heavy atom. The van der Waals surface area contributed by atoms with Crippen molar-refractivity contribution in [2.24, 2.45) is 0 Å². The van der Waals surface area contributed by atoms with Gasteiger partial charge in [0, 0.05) is 38.3 Å². The lowest BCUT2D eigenvalue weighted by Crippen LogP contribution is -2.48. The molecule has 2 aromatic carbocycles. The van der Waals surface area contributed by atoms with Crippen LogP contribution in [0.1, 0.15) is 27.7 Å². The van der Waals surface area contributed by atoms with E-state index in [0.717, 1.165) is 19.5 Å². The summed E-state index contributed by atoms with van der Waals surface area (Å²) in [5, 5.41) is 8.02. The van der Waals surface area contributed by atoms with Crippen molar-refractivity contribution in [2.45, 2.75) is 19.8 Å². The van der Waals surface area contributed by atoms with Gasteiger partial charge in [0.15, 0.2) is 0 Å². The highest BCUT2D eigenvalue weighted by atomic mass is 16.4. The van der Waals surface area contributed by atoms with Crippen molar-refractivity contribution >= 4 is 11.6 Å². The second-order valence-electron chi connectivity index (χ2n) is 7.10. The van der Waals surface area contributed by atoms with E-state index in [1.54, 1.807) is 4.90 Å². The first-order chi connectivity index (χ1) is 13.7. The van der Waals surface area contributed by atoms with Crippen LogP contribution in [0, 0.1) is 6.92 Å². The minimum absolute atomic E-state index is 0.0899. The van der Waals surface area contributed by atoms with Crippen LogP contribution in [0.5, 0.6) is 0 Å². The van der Waals surface area contributed by atoms with E-state index in [2.05, 4.69) is 58.4 Å². The quantitative estimate of drug-likeness (QED) is 0.685. The third-order valence-electron chi connectivity index (χ3n) is 5.05. The molecule has 0 unspecified atom stereocenters. The van der Waals surface area contributed by atoms with Crippen LogP contribution >= 0.6 is 0 Å². The predicted octanol–water partition coefficient (Wildman–Crippen LogP) is 3.13. The highest BCUT2D eigenvalue weighted by molar-refractivity contribution is 5.89. The zero-order valence-corrected chi connectivity index (χ0v) is 16.0. The predicted molar refractivity (Wildman–Crippen MR) is 107 cm³/mol. The molecule has 0 aliphatic carbocycles. The molecule has 2 heterocycles. The summed E-state index contributed by atoms with van der Waals surface area (Å²) in [6.45, 7) is 4.98. The van der Waals surface area contributed by atoms with E-state index in [1.165, 1.54) is 16.8 Å². The zero-order chi connectivity index (χ0) is 19.3. The molecule has 1 fully saturated rings. The first-order valence-corrected chi connectivity index (χ1v) is 9.66. The topological polar surface area (TPSA) is 62.5 Å². The largest absolute Gasteiger partial charge is 0.417 e. The van der Waals surface area contributed by atoms with Crippen LogP contribution in [0.15, 0.2) is 59.0 Å². The summed E-state index contributed by atoms with van der Waals surface area (Å²) >= 11 is 0. The Kier molecular flexibility index (Phi) is 5.37. The Morgan fingerprint density at radius 1 is 0.964 bits per heavy atom. The fourth-order valence-electron chi connectivity index (χ4n) is 3.46. The summed E-state index contributed by atoms with van der Waals surface area (Å²) in [6.07, 6.45) is 1.44. The first-order valence-electron chi connectivity index (χ1n) is 9.66. The Bertz CT molecular complexity index is 930. The molecule has 144 valence electrons. The molecule has 0 spiro atoms.